The largest absolute Gasteiger partial charge is 0.507 e. The quantitative estimate of drug-likeness (QED) is 0.364. The highest BCUT2D eigenvalue weighted by atomic mass is 19.1. The molecule has 0 saturated carbocycles. The molecule has 8 heteroatoms. The Bertz CT molecular complexity index is 1630. The third-order valence-electron chi connectivity index (χ3n) is 5.53. The predicted octanol–water partition coefficient (Wildman–Crippen LogP) is 5.35. The van der Waals surface area contributed by atoms with Gasteiger partial charge in [-0.1, -0.05) is 30.3 Å². The number of carboxylic acids is 1. The Morgan fingerprint density at radius 1 is 1.00 bits per heavy atom. The summed E-state index contributed by atoms with van der Waals surface area (Å²) in [6.07, 6.45) is -0.491. The molecule has 2 aromatic heterocycles. The van der Waals surface area contributed by atoms with E-state index in [1.54, 1.807) is 24.3 Å². The van der Waals surface area contributed by atoms with Crippen LogP contribution in [0.25, 0.3) is 44.6 Å². The molecule has 0 aliphatic carbocycles. The lowest BCUT2D eigenvalue weighted by Gasteiger charge is -2.07. The highest BCUT2D eigenvalue weighted by molar-refractivity contribution is 6.10. The highest BCUT2D eigenvalue weighted by Gasteiger charge is 2.25. The molecule has 0 saturated heterocycles. The molecule has 0 aliphatic heterocycles. The molecule has 170 valence electrons. The first-order valence-corrected chi connectivity index (χ1v) is 10.2. The molecule has 5 aromatic rings. The fourth-order valence-electron chi connectivity index (χ4n) is 4.05. The van der Waals surface area contributed by atoms with Gasteiger partial charge in [0, 0.05) is 28.8 Å². The second-order valence-electron chi connectivity index (χ2n) is 7.64. The van der Waals surface area contributed by atoms with Gasteiger partial charge in [-0.3, -0.25) is 9.59 Å². The van der Waals surface area contributed by atoms with Crippen molar-refractivity contribution >= 4 is 27.9 Å². The van der Waals surface area contributed by atoms with E-state index in [1.165, 1.54) is 31.4 Å². The number of aromatic hydroxyl groups is 1. The molecule has 2 N–H and O–H groups in total. The number of halogens is 1. The minimum Gasteiger partial charge on any atom is -0.507 e. The van der Waals surface area contributed by atoms with Gasteiger partial charge in [-0.2, -0.15) is 0 Å². The number of aliphatic carboxylic acids is 1. The maximum Gasteiger partial charge on any atom is 0.307 e. The van der Waals surface area contributed by atoms with Gasteiger partial charge in [-0.05, 0) is 18.2 Å². The minimum atomic E-state index is -1.17. The van der Waals surface area contributed by atoms with Crippen molar-refractivity contribution in [1.82, 2.24) is 0 Å². The van der Waals surface area contributed by atoms with E-state index in [1.807, 2.05) is 6.07 Å². The first kappa shape index (κ1) is 21.3. The first-order chi connectivity index (χ1) is 16.4. The Labute approximate surface area is 191 Å². The van der Waals surface area contributed by atoms with Gasteiger partial charge in [0.25, 0.3) is 0 Å². The normalized spacial score (nSPS) is 11.2. The van der Waals surface area contributed by atoms with Crippen LogP contribution in [0.15, 0.2) is 74.3 Å². The average Bonchev–Trinajstić information content (AvgIpc) is 3.16. The molecule has 0 spiro atoms. The van der Waals surface area contributed by atoms with Gasteiger partial charge in [-0.25, -0.2) is 4.39 Å². The molecule has 0 unspecified atom stereocenters. The van der Waals surface area contributed by atoms with Crippen LogP contribution in [0.4, 0.5) is 4.39 Å². The highest BCUT2D eigenvalue weighted by Crippen LogP contribution is 2.42. The van der Waals surface area contributed by atoms with E-state index in [0.29, 0.717) is 5.56 Å². The molecule has 2 heterocycles. The molecule has 0 fully saturated rings. The predicted molar refractivity (Wildman–Crippen MR) is 123 cm³/mol. The van der Waals surface area contributed by atoms with Crippen molar-refractivity contribution in [3.05, 3.63) is 82.3 Å². The molecule has 7 nitrogen and oxygen atoms in total. The third-order valence-corrected chi connectivity index (χ3v) is 5.53. The Morgan fingerprint density at radius 2 is 1.76 bits per heavy atom. The van der Waals surface area contributed by atoms with Crippen LogP contribution in [0.1, 0.15) is 5.56 Å². The second kappa shape index (κ2) is 8.08. The van der Waals surface area contributed by atoms with Crippen molar-refractivity contribution in [1.29, 1.82) is 0 Å². The molecule has 0 radical (unpaired) electrons. The summed E-state index contributed by atoms with van der Waals surface area (Å²) >= 11 is 0. The molecule has 0 atom stereocenters. The smallest absolute Gasteiger partial charge is 0.307 e. The molecule has 5 rings (SSSR count). The van der Waals surface area contributed by atoms with Gasteiger partial charge in [0.2, 0.25) is 0 Å². The second-order valence-corrected chi connectivity index (χ2v) is 7.64. The molecule has 0 amide bonds. The van der Waals surface area contributed by atoms with E-state index in [0.717, 1.165) is 6.07 Å². The number of fused-ring (bicyclic) bond motifs is 3. The number of furan rings is 1. The van der Waals surface area contributed by atoms with E-state index in [4.69, 9.17) is 13.6 Å². The molecule has 3 aromatic carbocycles. The Hall–Kier alpha value is -4.59. The van der Waals surface area contributed by atoms with Crippen LogP contribution in [0.3, 0.4) is 0 Å². The summed E-state index contributed by atoms with van der Waals surface area (Å²) in [5.74, 6) is -1.86. The number of carboxylic acid groups (broad SMARTS) is 1. The van der Waals surface area contributed by atoms with Crippen molar-refractivity contribution in [2.45, 2.75) is 6.42 Å². The summed E-state index contributed by atoms with van der Waals surface area (Å²) in [7, 11) is 1.33. The van der Waals surface area contributed by atoms with E-state index < -0.39 is 23.6 Å². The Morgan fingerprint density at radius 3 is 2.44 bits per heavy atom. The lowest BCUT2D eigenvalue weighted by atomic mass is 10.0. The molecular formula is C26H17FO7. The monoisotopic (exact) mass is 460 g/mol. The molecule has 0 aliphatic rings. The summed E-state index contributed by atoms with van der Waals surface area (Å²) in [5.41, 5.74) is 0.658. The zero-order valence-corrected chi connectivity index (χ0v) is 17.8. The number of carbonyl (C=O) groups is 1. The summed E-state index contributed by atoms with van der Waals surface area (Å²) in [6.45, 7) is 0. The van der Waals surface area contributed by atoms with Gasteiger partial charge >= 0.3 is 5.97 Å². The maximum absolute atomic E-state index is 14.4. The number of benzene rings is 3. The first-order valence-electron chi connectivity index (χ1n) is 10.2. The molecule has 34 heavy (non-hydrogen) atoms. The summed E-state index contributed by atoms with van der Waals surface area (Å²) in [6, 6.07) is 15.5. The van der Waals surface area contributed by atoms with Crippen molar-refractivity contribution < 1.29 is 33.0 Å². The van der Waals surface area contributed by atoms with Crippen molar-refractivity contribution in [3.8, 4) is 34.1 Å². The topological polar surface area (TPSA) is 110 Å². The average molecular weight is 460 g/mol. The number of hydrogen-bond donors (Lipinski definition) is 2. The van der Waals surface area contributed by atoms with Gasteiger partial charge in [0.05, 0.1) is 18.9 Å². The summed E-state index contributed by atoms with van der Waals surface area (Å²) in [5, 5.41) is 20.3. The van der Waals surface area contributed by atoms with E-state index in [9.17, 15) is 24.2 Å². The summed E-state index contributed by atoms with van der Waals surface area (Å²) in [4.78, 5) is 24.7. The standard InChI is InChI=1S/C26H17FO7/c1-32-19-8-7-14(9-16(19)27)25-15(10-22(30)31)23-21(34-25)12-18(29)24-17(28)11-20(33-26(23)24)13-5-3-2-4-6-13/h2-9,11-12,29H,10H2,1H3,(H,30,31). The van der Waals surface area contributed by atoms with E-state index in [2.05, 4.69) is 0 Å². The van der Waals surface area contributed by atoms with Crippen LogP contribution in [-0.2, 0) is 11.2 Å². The summed E-state index contributed by atoms with van der Waals surface area (Å²) < 4.78 is 31.3. The Balaban J connectivity index is 1.88. The number of methoxy groups -OCH3 is 1. The SMILES string of the molecule is COc1ccc(-c2oc3cc(O)c4c(=O)cc(-c5ccccc5)oc4c3c2CC(=O)O)cc1F. The number of ether oxygens (including phenoxy) is 1. The van der Waals surface area contributed by atoms with Crippen molar-refractivity contribution in [2.75, 3.05) is 7.11 Å². The fourth-order valence-corrected chi connectivity index (χ4v) is 4.05. The van der Waals surface area contributed by atoms with Crippen LogP contribution >= 0.6 is 0 Å². The van der Waals surface area contributed by atoms with Crippen molar-refractivity contribution in [3.63, 3.8) is 0 Å². The van der Waals surface area contributed by atoms with Gasteiger partial charge in [-0.15, -0.1) is 0 Å². The van der Waals surface area contributed by atoms with Gasteiger partial charge in [0.15, 0.2) is 22.6 Å². The number of phenols is 1. The zero-order valence-electron chi connectivity index (χ0n) is 17.8. The van der Waals surface area contributed by atoms with E-state index >= 15 is 0 Å². The minimum absolute atomic E-state index is 0.0124. The lowest BCUT2D eigenvalue weighted by molar-refractivity contribution is -0.136. The number of hydrogen-bond acceptors (Lipinski definition) is 6. The number of phenolic OH excluding ortho intramolecular Hbond substituents is 1. The van der Waals surface area contributed by atoms with Crippen LogP contribution in [-0.4, -0.2) is 23.3 Å². The maximum atomic E-state index is 14.4. The fraction of sp³-hybridized carbons (Fsp3) is 0.0769. The van der Waals surface area contributed by atoms with Gasteiger partial charge < -0.3 is 23.8 Å². The van der Waals surface area contributed by atoms with Crippen LogP contribution in [0, 0.1) is 5.82 Å². The van der Waals surface area contributed by atoms with Crippen LogP contribution < -0.4 is 10.2 Å². The van der Waals surface area contributed by atoms with Crippen LogP contribution in [0.2, 0.25) is 0 Å². The van der Waals surface area contributed by atoms with Crippen molar-refractivity contribution in [2.24, 2.45) is 0 Å². The van der Waals surface area contributed by atoms with E-state index in [-0.39, 0.29) is 56.1 Å². The third kappa shape index (κ3) is 3.45. The van der Waals surface area contributed by atoms with Crippen LogP contribution in [0.5, 0.6) is 11.5 Å². The van der Waals surface area contributed by atoms with Gasteiger partial charge in [0.1, 0.15) is 28.2 Å². The number of rotatable bonds is 5. The zero-order chi connectivity index (χ0) is 24.0. The Kier molecular flexibility index (Phi) is 5.05. The molecule has 0 bridgehead atoms. The molecular weight excluding hydrogens is 443 g/mol. The lowest BCUT2D eigenvalue weighted by Crippen LogP contribution is -2.03.